The third kappa shape index (κ3) is 3.54. The van der Waals surface area contributed by atoms with Gasteiger partial charge in [-0.15, -0.1) is 0 Å². The first-order valence-electron chi connectivity index (χ1n) is 6.79. The summed E-state index contributed by atoms with van der Waals surface area (Å²) in [5.74, 6) is -1.06. The molecule has 2 atom stereocenters. The van der Waals surface area contributed by atoms with Crippen LogP contribution in [0.4, 0.5) is 0 Å². The molecular weight excluding hydrogens is 294 g/mol. The van der Waals surface area contributed by atoms with E-state index in [4.69, 9.17) is 16.3 Å². The van der Waals surface area contributed by atoms with Gasteiger partial charge in [-0.1, -0.05) is 37.6 Å². The van der Waals surface area contributed by atoms with E-state index in [-0.39, 0.29) is 18.4 Å². The number of hydrogen-bond donors (Lipinski definition) is 1. The first kappa shape index (κ1) is 15.8. The molecule has 114 valence electrons. The van der Waals surface area contributed by atoms with Gasteiger partial charge in [0.25, 0.3) is 0 Å². The van der Waals surface area contributed by atoms with Gasteiger partial charge >= 0.3 is 5.97 Å². The Kier molecular flexibility index (Phi) is 4.85. The third-order valence-corrected chi connectivity index (χ3v) is 3.56. The molecular formula is C15H18ClNO4. The number of benzene rings is 1. The molecule has 1 N–H and O–H groups in total. The smallest absolute Gasteiger partial charge is 0.335 e. The second-order valence-electron chi connectivity index (χ2n) is 5.51. The average Bonchev–Trinajstić information content (AvgIpc) is 2.40. The number of carbonyl (C=O) groups excluding carboxylic acids is 1. The van der Waals surface area contributed by atoms with Crippen LogP contribution in [-0.4, -0.2) is 41.1 Å². The van der Waals surface area contributed by atoms with E-state index in [0.717, 1.165) is 0 Å². The van der Waals surface area contributed by atoms with Gasteiger partial charge in [-0.05, 0) is 23.6 Å². The molecule has 6 heteroatoms. The molecule has 1 aliphatic heterocycles. The minimum atomic E-state index is -1.08. The predicted molar refractivity (Wildman–Crippen MR) is 78.1 cm³/mol. The molecule has 1 aromatic carbocycles. The number of halogens is 1. The van der Waals surface area contributed by atoms with Crippen LogP contribution < -0.4 is 0 Å². The summed E-state index contributed by atoms with van der Waals surface area (Å²) in [6.45, 7) is 4.23. The van der Waals surface area contributed by atoms with Crippen LogP contribution in [0.1, 0.15) is 25.5 Å². The number of carboxylic acids is 1. The topological polar surface area (TPSA) is 66.8 Å². The molecule has 0 bridgehead atoms. The van der Waals surface area contributed by atoms with Crippen LogP contribution in [0.15, 0.2) is 24.3 Å². The monoisotopic (exact) mass is 311 g/mol. The van der Waals surface area contributed by atoms with Crippen LogP contribution in [0, 0.1) is 5.92 Å². The standard InChI is InChI=1S/C15H18ClNO4/c1-9(2)7-17-12(18)8-21-14(15(19)20)13(17)10-4-3-5-11(16)6-10/h3-6,9,13-14H,7-8H2,1-2H3,(H,19,20). The summed E-state index contributed by atoms with van der Waals surface area (Å²) < 4.78 is 5.24. The average molecular weight is 312 g/mol. The third-order valence-electron chi connectivity index (χ3n) is 3.32. The maximum atomic E-state index is 12.1. The summed E-state index contributed by atoms with van der Waals surface area (Å²) in [4.78, 5) is 25.2. The second-order valence-corrected chi connectivity index (χ2v) is 5.95. The molecule has 1 saturated heterocycles. The molecule has 0 radical (unpaired) electrons. The molecule has 2 unspecified atom stereocenters. The number of ether oxygens (including phenoxy) is 1. The van der Waals surface area contributed by atoms with Crippen LogP contribution >= 0.6 is 11.6 Å². The molecule has 1 fully saturated rings. The molecule has 1 aromatic rings. The fourth-order valence-corrected chi connectivity index (χ4v) is 2.71. The van der Waals surface area contributed by atoms with Gasteiger partial charge in [0.05, 0.1) is 6.04 Å². The summed E-state index contributed by atoms with van der Waals surface area (Å²) in [5.41, 5.74) is 0.670. The molecule has 1 amide bonds. The first-order valence-corrected chi connectivity index (χ1v) is 7.17. The van der Waals surface area contributed by atoms with E-state index >= 15 is 0 Å². The molecule has 0 aliphatic carbocycles. The Labute approximate surface area is 128 Å². The highest BCUT2D eigenvalue weighted by Gasteiger charge is 2.41. The number of carboxylic acid groups (broad SMARTS) is 1. The number of hydrogen-bond acceptors (Lipinski definition) is 3. The zero-order valence-electron chi connectivity index (χ0n) is 12.0. The highest BCUT2D eigenvalue weighted by Crippen LogP contribution is 2.32. The van der Waals surface area contributed by atoms with Gasteiger partial charge in [-0.2, -0.15) is 0 Å². The van der Waals surface area contributed by atoms with Gasteiger partial charge in [0, 0.05) is 11.6 Å². The van der Waals surface area contributed by atoms with Crippen molar-refractivity contribution in [2.75, 3.05) is 13.2 Å². The highest BCUT2D eigenvalue weighted by atomic mass is 35.5. The molecule has 0 aromatic heterocycles. The number of carbonyl (C=O) groups is 2. The summed E-state index contributed by atoms with van der Waals surface area (Å²) in [6.07, 6.45) is -1.08. The van der Waals surface area contributed by atoms with Crippen LogP contribution in [0.2, 0.25) is 5.02 Å². The largest absolute Gasteiger partial charge is 0.479 e. The molecule has 2 rings (SSSR count). The zero-order valence-corrected chi connectivity index (χ0v) is 12.7. The number of amides is 1. The van der Waals surface area contributed by atoms with Crippen molar-refractivity contribution in [1.29, 1.82) is 0 Å². The van der Waals surface area contributed by atoms with Gasteiger partial charge in [-0.25, -0.2) is 4.79 Å². The van der Waals surface area contributed by atoms with Crippen LogP contribution in [0.25, 0.3) is 0 Å². The Morgan fingerprint density at radius 1 is 1.52 bits per heavy atom. The highest BCUT2D eigenvalue weighted by molar-refractivity contribution is 6.30. The lowest BCUT2D eigenvalue weighted by atomic mass is 9.96. The van der Waals surface area contributed by atoms with Crippen molar-refractivity contribution in [3.8, 4) is 0 Å². The summed E-state index contributed by atoms with van der Waals surface area (Å²) >= 11 is 5.99. The Bertz CT molecular complexity index is 546. The Morgan fingerprint density at radius 2 is 2.24 bits per heavy atom. The summed E-state index contributed by atoms with van der Waals surface area (Å²) in [7, 11) is 0. The maximum absolute atomic E-state index is 12.1. The molecule has 1 aliphatic rings. The fourth-order valence-electron chi connectivity index (χ4n) is 2.51. The lowest BCUT2D eigenvalue weighted by Crippen LogP contribution is -2.52. The number of aliphatic carboxylic acids is 1. The SMILES string of the molecule is CC(C)CN1C(=O)COC(C(=O)O)C1c1cccc(Cl)c1. The van der Waals surface area contributed by atoms with Gasteiger partial charge in [0.1, 0.15) is 6.61 Å². The maximum Gasteiger partial charge on any atom is 0.335 e. The van der Waals surface area contributed by atoms with Crippen molar-refractivity contribution in [3.63, 3.8) is 0 Å². The van der Waals surface area contributed by atoms with Crippen LogP contribution in [-0.2, 0) is 14.3 Å². The summed E-state index contributed by atoms with van der Waals surface area (Å²) in [6, 6.07) is 6.23. The van der Waals surface area contributed by atoms with Gasteiger partial charge in [-0.3, -0.25) is 4.79 Å². The van der Waals surface area contributed by atoms with Crippen molar-refractivity contribution in [2.24, 2.45) is 5.92 Å². The quantitative estimate of drug-likeness (QED) is 0.927. The molecule has 0 saturated carbocycles. The van der Waals surface area contributed by atoms with Gasteiger partial charge in [0.2, 0.25) is 5.91 Å². The van der Waals surface area contributed by atoms with E-state index in [1.54, 1.807) is 29.2 Å². The van der Waals surface area contributed by atoms with Crippen LogP contribution in [0.5, 0.6) is 0 Å². The van der Waals surface area contributed by atoms with Crippen molar-refractivity contribution >= 4 is 23.5 Å². The van der Waals surface area contributed by atoms with E-state index in [1.165, 1.54) is 0 Å². The van der Waals surface area contributed by atoms with E-state index < -0.39 is 18.1 Å². The Morgan fingerprint density at radius 3 is 2.81 bits per heavy atom. The minimum Gasteiger partial charge on any atom is -0.479 e. The number of morpholine rings is 1. The molecule has 1 heterocycles. The lowest BCUT2D eigenvalue weighted by molar-refractivity contribution is -0.173. The minimum absolute atomic E-state index is 0.203. The van der Waals surface area contributed by atoms with Gasteiger partial charge < -0.3 is 14.7 Å². The van der Waals surface area contributed by atoms with Crippen LogP contribution in [0.3, 0.4) is 0 Å². The van der Waals surface area contributed by atoms with E-state index in [9.17, 15) is 14.7 Å². The molecule has 21 heavy (non-hydrogen) atoms. The zero-order chi connectivity index (χ0) is 15.6. The number of nitrogens with zero attached hydrogens (tertiary/aromatic N) is 1. The lowest BCUT2D eigenvalue weighted by Gasteiger charge is -2.40. The molecule has 5 nitrogen and oxygen atoms in total. The summed E-state index contributed by atoms with van der Waals surface area (Å²) in [5, 5.41) is 9.88. The Balaban J connectivity index is 2.43. The Hall–Kier alpha value is -1.59. The normalized spacial score (nSPS) is 22.7. The van der Waals surface area contributed by atoms with E-state index in [1.807, 2.05) is 13.8 Å². The van der Waals surface area contributed by atoms with Crippen molar-refractivity contribution in [1.82, 2.24) is 4.90 Å². The van der Waals surface area contributed by atoms with Crippen molar-refractivity contribution in [2.45, 2.75) is 26.0 Å². The predicted octanol–water partition coefficient (Wildman–Crippen LogP) is 2.35. The fraction of sp³-hybridized carbons (Fsp3) is 0.467. The second kappa shape index (κ2) is 6.45. The molecule has 0 spiro atoms. The van der Waals surface area contributed by atoms with Crippen molar-refractivity contribution < 1.29 is 19.4 Å². The first-order chi connectivity index (χ1) is 9.90. The van der Waals surface area contributed by atoms with E-state index in [0.29, 0.717) is 17.1 Å². The number of rotatable bonds is 4. The van der Waals surface area contributed by atoms with Crippen molar-refractivity contribution in [3.05, 3.63) is 34.9 Å². The van der Waals surface area contributed by atoms with Gasteiger partial charge in [0.15, 0.2) is 6.10 Å². The van der Waals surface area contributed by atoms with E-state index in [2.05, 4.69) is 0 Å².